The van der Waals surface area contributed by atoms with E-state index in [0.717, 1.165) is 10.6 Å². The van der Waals surface area contributed by atoms with Crippen LogP contribution >= 0.6 is 11.3 Å². The molecule has 0 saturated carbocycles. The molecule has 0 aliphatic rings. The van der Waals surface area contributed by atoms with Gasteiger partial charge in [-0.25, -0.2) is 18.1 Å². The van der Waals surface area contributed by atoms with Gasteiger partial charge in [-0.15, -0.1) is 11.3 Å². The zero-order valence-electron chi connectivity index (χ0n) is 8.63. The first kappa shape index (κ1) is 13.1. The van der Waals surface area contributed by atoms with Crippen molar-refractivity contribution >= 4 is 27.3 Å². The number of nitrogens with one attached hydrogen (secondary N) is 1. The smallest absolute Gasteiger partial charge is 0.304 e. The minimum Gasteiger partial charge on any atom is -0.481 e. The molecule has 1 aromatic rings. The van der Waals surface area contributed by atoms with Gasteiger partial charge in [-0.3, -0.25) is 4.79 Å². The lowest BCUT2D eigenvalue weighted by atomic mass is 10.4. The van der Waals surface area contributed by atoms with Crippen LogP contribution in [-0.2, 0) is 21.4 Å². The second-order valence-electron chi connectivity index (χ2n) is 3.14. The Kier molecular flexibility index (Phi) is 4.39. The predicted molar refractivity (Wildman–Crippen MR) is 59.7 cm³/mol. The largest absolute Gasteiger partial charge is 0.481 e. The van der Waals surface area contributed by atoms with Crippen LogP contribution in [0.25, 0.3) is 0 Å². The minimum atomic E-state index is -3.52. The van der Waals surface area contributed by atoms with Gasteiger partial charge in [0.05, 0.1) is 23.4 Å². The number of carboxylic acids is 1. The Morgan fingerprint density at radius 2 is 2.31 bits per heavy atom. The van der Waals surface area contributed by atoms with Gasteiger partial charge in [-0.1, -0.05) is 0 Å². The lowest BCUT2D eigenvalue weighted by Gasteiger charge is -2.04. The average molecular weight is 264 g/mol. The van der Waals surface area contributed by atoms with E-state index in [4.69, 9.17) is 5.11 Å². The molecule has 0 saturated heterocycles. The van der Waals surface area contributed by atoms with E-state index in [9.17, 15) is 13.2 Å². The van der Waals surface area contributed by atoms with Crippen molar-refractivity contribution in [1.29, 1.82) is 0 Å². The maximum absolute atomic E-state index is 11.4. The van der Waals surface area contributed by atoms with Crippen LogP contribution in [0.5, 0.6) is 0 Å². The summed E-state index contributed by atoms with van der Waals surface area (Å²) >= 11 is 1.36. The topological polar surface area (TPSA) is 96.4 Å². The number of hydrogen-bond donors (Lipinski definition) is 2. The Balaban J connectivity index is 2.48. The van der Waals surface area contributed by atoms with Crippen LogP contribution in [0.3, 0.4) is 0 Å². The zero-order valence-corrected chi connectivity index (χ0v) is 10.3. The van der Waals surface area contributed by atoms with E-state index in [-0.39, 0.29) is 6.54 Å². The van der Waals surface area contributed by atoms with Crippen molar-refractivity contribution in [3.63, 3.8) is 0 Å². The molecule has 0 bridgehead atoms. The fraction of sp³-hybridized carbons (Fsp3) is 0.500. The van der Waals surface area contributed by atoms with Crippen LogP contribution in [0, 0.1) is 6.92 Å². The van der Waals surface area contributed by atoms with Gasteiger partial charge in [0.15, 0.2) is 0 Å². The Morgan fingerprint density at radius 3 is 2.81 bits per heavy atom. The Labute approximate surface area is 97.4 Å². The number of rotatable bonds is 6. The van der Waals surface area contributed by atoms with Crippen molar-refractivity contribution in [3.8, 4) is 0 Å². The van der Waals surface area contributed by atoms with Gasteiger partial charge in [-0.05, 0) is 6.92 Å². The molecule has 0 aliphatic heterocycles. The van der Waals surface area contributed by atoms with Gasteiger partial charge < -0.3 is 5.11 Å². The number of nitrogens with zero attached hydrogens (tertiary/aromatic N) is 1. The third kappa shape index (κ3) is 4.25. The van der Waals surface area contributed by atoms with Gasteiger partial charge >= 0.3 is 5.97 Å². The van der Waals surface area contributed by atoms with Gasteiger partial charge in [0.25, 0.3) is 0 Å². The third-order valence-electron chi connectivity index (χ3n) is 1.88. The maximum atomic E-state index is 11.4. The molecule has 1 rings (SSSR count). The highest BCUT2D eigenvalue weighted by molar-refractivity contribution is 7.89. The molecule has 8 heteroatoms. The second kappa shape index (κ2) is 5.37. The van der Waals surface area contributed by atoms with E-state index in [2.05, 4.69) is 9.71 Å². The molecule has 90 valence electrons. The molecule has 0 aliphatic carbocycles. The van der Waals surface area contributed by atoms with Crippen LogP contribution in [0.15, 0.2) is 5.51 Å². The summed E-state index contributed by atoms with van der Waals surface area (Å²) in [5, 5.41) is 8.37. The monoisotopic (exact) mass is 264 g/mol. The molecule has 0 aromatic carbocycles. The first-order valence-corrected chi connectivity index (χ1v) is 7.02. The van der Waals surface area contributed by atoms with Gasteiger partial charge in [0.2, 0.25) is 10.0 Å². The van der Waals surface area contributed by atoms with Crippen LogP contribution in [0.4, 0.5) is 0 Å². The molecule has 0 atom stereocenters. The molecular formula is C8H12N2O4S2. The van der Waals surface area contributed by atoms with Crippen LogP contribution in [0.1, 0.15) is 17.0 Å². The number of hydrogen-bond acceptors (Lipinski definition) is 5. The number of thiazole rings is 1. The quantitative estimate of drug-likeness (QED) is 0.772. The summed E-state index contributed by atoms with van der Waals surface area (Å²) in [5.41, 5.74) is 2.42. The Morgan fingerprint density at radius 1 is 1.62 bits per heavy atom. The highest BCUT2D eigenvalue weighted by Crippen LogP contribution is 2.11. The molecule has 1 heterocycles. The van der Waals surface area contributed by atoms with Crippen LogP contribution < -0.4 is 4.72 Å². The summed E-state index contributed by atoms with van der Waals surface area (Å²) in [6.07, 6.45) is -0.392. The highest BCUT2D eigenvalue weighted by atomic mass is 32.2. The minimum absolute atomic E-state index is 0.165. The molecule has 6 nitrogen and oxygen atoms in total. The summed E-state index contributed by atoms with van der Waals surface area (Å²) in [7, 11) is -3.52. The van der Waals surface area contributed by atoms with E-state index in [1.54, 1.807) is 12.4 Å². The average Bonchev–Trinajstić information content (AvgIpc) is 2.59. The van der Waals surface area contributed by atoms with E-state index in [0.29, 0.717) is 0 Å². The Bertz CT molecular complexity index is 466. The maximum Gasteiger partial charge on any atom is 0.304 e. The van der Waals surface area contributed by atoms with Crippen molar-refractivity contribution < 1.29 is 18.3 Å². The number of carbonyl (C=O) groups is 1. The lowest BCUT2D eigenvalue weighted by molar-refractivity contribution is -0.136. The SMILES string of the molecule is Cc1ncsc1CNS(=O)(=O)CCC(=O)O. The standard InChI is InChI=1S/C8H12N2O4S2/c1-6-7(15-5-9-6)4-10-16(13,14)3-2-8(11)12/h5,10H,2-4H2,1H3,(H,11,12). The third-order valence-corrected chi connectivity index (χ3v) is 4.14. The summed E-state index contributed by atoms with van der Waals surface area (Å²) in [5.74, 6) is -1.53. The van der Waals surface area contributed by atoms with Crippen molar-refractivity contribution in [1.82, 2.24) is 9.71 Å². The fourth-order valence-corrected chi connectivity index (χ4v) is 2.73. The van der Waals surface area contributed by atoms with Gasteiger partial charge in [-0.2, -0.15) is 0 Å². The molecule has 0 radical (unpaired) electrons. The molecule has 0 spiro atoms. The van der Waals surface area contributed by atoms with Crippen molar-refractivity contribution in [2.24, 2.45) is 0 Å². The number of aryl methyl sites for hydroxylation is 1. The van der Waals surface area contributed by atoms with E-state index >= 15 is 0 Å². The molecule has 1 aromatic heterocycles. The second-order valence-corrected chi connectivity index (χ2v) is 6.01. The highest BCUT2D eigenvalue weighted by Gasteiger charge is 2.13. The van der Waals surface area contributed by atoms with Gasteiger partial charge in [0, 0.05) is 11.4 Å². The van der Waals surface area contributed by atoms with Gasteiger partial charge in [0.1, 0.15) is 0 Å². The summed E-state index contributed by atoms with van der Waals surface area (Å²) in [6.45, 7) is 1.95. The molecular weight excluding hydrogens is 252 g/mol. The molecule has 0 fully saturated rings. The lowest BCUT2D eigenvalue weighted by Crippen LogP contribution is -2.27. The first-order valence-electron chi connectivity index (χ1n) is 4.49. The number of aliphatic carboxylic acids is 1. The first-order chi connectivity index (χ1) is 7.41. The Hall–Kier alpha value is -0.990. The van der Waals surface area contributed by atoms with Crippen LogP contribution in [0.2, 0.25) is 0 Å². The van der Waals surface area contributed by atoms with Crippen molar-refractivity contribution in [2.75, 3.05) is 5.75 Å². The normalized spacial score (nSPS) is 11.6. The fourth-order valence-electron chi connectivity index (χ4n) is 0.965. The van der Waals surface area contributed by atoms with Crippen molar-refractivity contribution in [3.05, 3.63) is 16.1 Å². The zero-order chi connectivity index (χ0) is 12.2. The summed E-state index contributed by atoms with van der Waals surface area (Å²) in [6, 6.07) is 0. The molecule has 2 N–H and O–H groups in total. The predicted octanol–water partition coefficient (Wildman–Crippen LogP) is 0.346. The number of carboxylic acid groups (broad SMARTS) is 1. The van der Waals surface area contributed by atoms with E-state index in [1.807, 2.05) is 0 Å². The van der Waals surface area contributed by atoms with Crippen LogP contribution in [-0.4, -0.2) is 30.2 Å². The summed E-state index contributed by atoms with van der Waals surface area (Å²) < 4.78 is 25.0. The molecule has 0 unspecified atom stereocenters. The molecule has 0 amide bonds. The van der Waals surface area contributed by atoms with Crippen molar-refractivity contribution in [2.45, 2.75) is 19.9 Å². The molecule has 16 heavy (non-hydrogen) atoms. The van der Waals surface area contributed by atoms with E-state index < -0.39 is 28.2 Å². The van der Waals surface area contributed by atoms with E-state index in [1.165, 1.54) is 11.3 Å². The number of sulfonamides is 1. The summed E-state index contributed by atoms with van der Waals surface area (Å²) in [4.78, 5) is 15.0. The number of aromatic nitrogens is 1.